The van der Waals surface area contributed by atoms with Crippen LogP contribution in [0.2, 0.25) is 0 Å². The molecule has 3 N–H and O–H groups in total. The van der Waals surface area contributed by atoms with Crippen LogP contribution in [0.1, 0.15) is 22.6 Å². The molecule has 0 aliphatic heterocycles. The third-order valence-electron chi connectivity index (χ3n) is 3.30. The molecule has 1 unspecified atom stereocenters. The summed E-state index contributed by atoms with van der Waals surface area (Å²) in [5.41, 5.74) is 2.26. The molecule has 5 nitrogen and oxygen atoms in total. The van der Waals surface area contributed by atoms with E-state index in [1.165, 1.54) is 0 Å². The van der Waals surface area contributed by atoms with Crippen molar-refractivity contribution in [3.8, 4) is 0 Å². The number of nitrogens with one attached hydrogen (secondary N) is 1. The zero-order valence-electron chi connectivity index (χ0n) is 12.0. The Morgan fingerprint density at radius 1 is 1.14 bits per heavy atom. The molecule has 0 amide bonds. The molecule has 0 aliphatic rings. The number of nitrogens with zero attached hydrogens (tertiary/aromatic N) is 1. The van der Waals surface area contributed by atoms with Gasteiger partial charge in [-0.15, -0.1) is 0 Å². The Labute approximate surface area is 124 Å². The number of hydrogen-bond acceptors (Lipinski definition) is 3. The molecule has 1 aromatic carbocycles. The normalized spacial score (nSPS) is 13.0. The molecule has 0 bridgehead atoms. The van der Waals surface area contributed by atoms with E-state index < -0.39 is 13.3 Å². The number of aryl methyl sites for hydroxylation is 2. The molecule has 0 radical (unpaired) electrons. The lowest BCUT2D eigenvalue weighted by molar-refractivity contribution is 0.360. The lowest BCUT2D eigenvalue weighted by atomic mass is 10.1. The van der Waals surface area contributed by atoms with Gasteiger partial charge in [-0.2, -0.15) is 0 Å². The monoisotopic (exact) mass is 306 g/mol. The van der Waals surface area contributed by atoms with Crippen molar-refractivity contribution in [3.63, 3.8) is 0 Å². The Balaban J connectivity index is 2.19. The standard InChI is InChI=1S/C15H19N2O3P/c1-11-8-9-14(12(2)17-11)16-10-15(21(18,19)20)13-6-4-3-5-7-13/h3-9,15-16H,10H2,1-2H3,(H2,18,19,20). The Kier molecular flexibility index (Phi) is 4.78. The lowest BCUT2D eigenvalue weighted by Crippen LogP contribution is -2.14. The maximum absolute atomic E-state index is 11.7. The second kappa shape index (κ2) is 6.39. The summed E-state index contributed by atoms with van der Waals surface area (Å²) in [6, 6.07) is 12.6. The van der Waals surface area contributed by atoms with Gasteiger partial charge in [-0.05, 0) is 31.5 Å². The maximum Gasteiger partial charge on any atom is 0.334 e. The zero-order valence-corrected chi connectivity index (χ0v) is 12.9. The summed E-state index contributed by atoms with van der Waals surface area (Å²) in [5.74, 6) is 0. The average molecular weight is 306 g/mol. The minimum Gasteiger partial charge on any atom is -0.382 e. The number of aromatic nitrogens is 1. The summed E-state index contributed by atoms with van der Waals surface area (Å²) in [7, 11) is -4.24. The molecule has 2 rings (SSSR count). The van der Waals surface area contributed by atoms with Gasteiger partial charge in [-0.1, -0.05) is 30.3 Å². The SMILES string of the molecule is Cc1ccc(NCC(c2ccccc2)P(=O)(O)O)c(C)n1. The Hall–Kier alpha value is -1.68. The maximum atomic E-state index is 11.7. The lowest BCUT2D eigenvalue weighted by Gasteiger charge is -2.20. The van der Waals surface area contributed by atoms with Gasteiger partial charge in [0.1, 0.15) is 5.66 Å². The average Bonchev–Trinajstić information content (AvgIpc) is 2.41. The predicted molar refractivity (Wildman–Crippen MR) is 83.4 cm³/mol. The van der Waals surface area contributed by atoms with Crippen molar-refractivity contribution >= 4 is 13.3 Å². The molecule has 0 aliphatic carbocycles. The van der Waals surface area contributed by atoms with Crippen molar-refractivity contribution in [2.45, 2.75) is 19.5 Å². The Morgan fingerprint density at radius 3 is 2.38 bits per heavy atom. The van der Waals surface area contributed by atoms with Gasteiger partial charge in [0.25, 0.3) is 0 Å². The molecule has 1 aromatic heterocycles. The van der Waals surface area contributed by atoms with E-state index >= 15 is 0 Å². The van der Waals surface area contributed by atoms with Crippen LogP contribution in [0.5, 0.6) is 0 Å². The molecule has 112 valence electrons. The molecule has 21 heavy (non-hydrogen) atoms. The Bertz CT molecular complexity index is 655. The van der Waals surface area contributed by atoms with Crippen LogP contribution in [-0.2, 0) is 4.57 Å². The van der Waals surface area contributed by atoms with Gasteiger partial charge < -0.3 is 15.1 Å². The number of pyridine rings is 1. The van der Waals surface area contributed by atoms with Crippen molar-refractivity contribution in [1.29, 1.82) is 0 Å². The van der Waals surface area contributed by atoms with E-state index in [-0.39, 0.29) is 6.54 Å². The van der Waals surface area contributed by atoms with E-state index in [2.05, 4.69) is 10.3 Å². The first-order chi connectivity index (χ1) is 9.88. The van der Waals surface area contributed by atoms with Crippen LogP contribution in [-0.4, -0.2) is 21.3 Å². The summed E-state index contributed by atoms with van der Waals surface area (Å²) >= 11 is 0. The fraction of sp³-hybridized carbons (Fsp3) is 0.267. The molecule has 6 heteroatoms. The molecule has 0 saturated heterocycles. The van der Waals surface area contributed by atoms with E-state index in [0.29, 0.717) is 5.56 Å². The fourth-order valence-electron chi connectivity index (χ4n) is 2.19. The van der Waals surface area contributed by atoms with E-state index in [1.807, 2.05) is 32.0 Å². The van der Waals surface area contributed by atoms with Gasteiger partial charge >= 0.3 is 7.60 Å². The van der Waals surface area contributed by atoms with Gasteiger partial charge in [0, 0.05) is 12.2 Å². The molecule has 0 spiro atoms. The second-order valence-electron chi connectivity index (χ2n) is 4.98. The van der Waals surface area contributed by atoms with Crippen LogP contribution >= 0.6 is 7.60 Å². The van der Waals surface area contributed by atoms with Crippen LogP contribution < -0.4 is 5.32 Å². The second-order valence-corrected chi connectivity index (χ2v) is 6.78. The van der Waals surface area contributed by atoms with Crippen LogP contribution in [0.3, 0.4) is 0 Å². The Morgan fingerprint density at radius 2 is 1.81 bits per heavy atom. The van der Waals surface area contributed by atoms with E-state index in [4.69, 9.17) is 0 Å². The van der Waals surface area contributed by atoms with Gasteiger partial charge in [0.2, 0.25) is 0 Å². The van der Waals surface area contributed by atoms with Gasteiger partial charge in [0.15, 0.2) is 0 Å². The number of rotatable bonds is 5. The highest BCUT2D eigenvalue weighted by atomic mass is 31.2. The minimum atomic E-state index is -4.24. The quantitative estimate of drug-likeness (QED) is 0.740. The van der Waals surface area contributed by atoms with E-state index in [1.54, 1.807) is 24.3 Å². The molecule has 0 fully saturated rings. The minimum absolute atomic E-state index is 0.153. The van der Waals surface area contributed by atoms with E-state index in [0.717, 1.165) is 17.1 Å². The summed E-state index contributed by atoms with van der Waals surface area (Å²) in [5, 5.41) is 3.09. The first-order valence-electron chi connectivity index (χ1n) is 6.66. The summed E-state index contributed by atoms with van der Waals surface area (Å²) in [6.45, 7) is 3.92. The third kappa shape index (κ3) is 4.14. The molecule has 1 atom stereocenters. The van der Waals surface area contributed by atoms with Gasteiger partial charge in [0.05, 0.1) is 11.4 Å². The predicted octanol–water partition coefficient (Wildman–Crippen LogP) is 3.03. The van der Waals surface area contributed by atoms with Crippen molar-refractivity contribution < 1.29 is 14.4 Å². The third-order valence-corrected chi connectivity index (χ3v) is 4.59. The van der Waals surface area contributed by atoms with Gasteiger partial charge in [-0.3, -0.25) is 9.55 Å². The van der Waals surface area contributed by atoms with Crippen molar-refractivity contribution in [2.24, 2.45) is 0 Å². The first kappa shape index (κ1) is 15.7. The number of anilines is 1. The van der Waals surface area contributed by atoms with Crippen molar-refractivity contribution in [1.82, 2.24) is 4.98 Å². The molecular weight excluding hydrogens is 287 g/mol. The molecular formula is C15H19N2O3P. The number of hydrogen-bond donors (Lipinski definition) is 3. The largest absolute Gasteiger partial charge is 0.382 e. The van der Waals surface area contributed by atoms with Crippen molar-refractivity contribution in [2.75, 3.05) is 11.9 Å². The van der Waals surface area contributed by atoms with Crippen LogP contribution in [0.25, 0.3) is 0 Å². The van der Waals surface area contributed by atoms with Crippen molar-refractivity contribution in [3.05, 3.63) is 59.4 Å². The molecule has 0 saturated carbocycles. The van der Waals surface area contributed by atoms with Crippen LogP contribution in [0.15, 0.2) is 42.5 Å². The van der Waals surface area contributed by atoms with E-state index in [9.17, 15) is 14.4 Å². The smallest absolute Gasteiger partial charge is 0.334 e. The number of benzene rings is 1. The van der Waals surface area contributed by atoms with Crippen LogP contribution in [0, 0.1) is 13.8 Å². The highest BCUT2D eigenvalue weighted by Crippen LogP contribution is 2.51. The summed E-state index contributed by atoms with van der Waals surface area (Å²) in [6.07, 6.45) is 0. The molecule has 2 aromatic rings. The summed E-state index contributed by atoms with van der Waals surface area (Å²) in [4.78, 5) is 23.5. The zero-order chi connectivity index (χ0) is 15.5. The summed E-state index contributed by atoms with van der Waals surface area (Å²) < 4.78 is 11.7. The van der Waals surface area contributed by atoms with Crippen LogP contribution in [0.4, 0.5) is 5.69 Å². The topological polar surface area (TPSA) is 82.5 Å². The fourth-order valence-corrected chi connectivity index (χ4v) is 3.08. The van der Waals surface area contributed by atoms with Gasteiger partial charge in [-0.25, -0.2) is 0 Å². The highest BCUT2D eigenvalue weighted by Gasteiger charge is 2.30. The highest BCUT2D eigenvalue weighted by molar-refractivity contribution is 7.52. The first-order valence-corrected chi connectivity index (χ1v) is 8.34. The molecule has 1 heterocycles.